The van der Waals surface area contributed by atoms with Crippen LogP contribution in [0.4, 0.5) is 5.69 Å². The van der Waals surface area contributed by atoms with Gasteiger partial charge in [0.05, 0.1) is 10.6 Å². The molecule has 2 aromatic carbocycles. The van der Waals surface area contributed by atoms with Crippen LogP contribution in [0.25, 0.3) is 0 Å². The molecule has 102 valence electrons. The zero-order chi connectivity index (χ0) is 14.7. The second-order valence-electron chi connectivity index (χ2n) is 4.44. The van der Waals surface area contributed by atoms with Crippen molar-refractivity contribution in [3.63, 3.8) is 0 Å². The Labute approximate surface area is 122 Å². The average Bonchev–Trinajstić information content (AvgIpc) is 2.38. The van der Waals surface area contributed by atoms with Crippen LogP contribution >= 0.6 is 11.6 Å². The summed E-state index contributed by atoms with van der Waals surface area (Å²) in [7, 11) is -1.64. The molecular weight excluding hydrogens is 276 g/mol. The van der Waals surface area contributed by atoms with Gasteiger partial charge in [0.1, 0.15) is 0 Å². The van der Waals surface area contributed by atoms with Crippen molar-refractivity contribution < 1.29 is 14.8 Å². The summed E-state index contributed by atoms with van der Waals surface area (Å²) in [6, 6.07) is 11.6. The molecule has 0 aliphatic rings. The number of aryl methyl sites for hydroxylation is 1. The van der Waals surface area contributed by atoms with E-state index in [-0.39, 0.29) is 16.0 Å². The van der Waals surface area contributed by atoms with Crippen LogP contribution in [0.1, 0.15) is 15.9 Å². The number of nitrogens with one attached hydrogen (secondary N) is 1. The van der Waals surface area contributed by atoms with Crippen molar-refractivity contribution in [2.24, 2.45) is 0 Å². The lowest BCUT2D eigenvalue weighted by Gasteiger charge is -2.09. The summed E-state index contributed by atoms with van der Waals surface area (Å²) in [5, 5.41) is 21.2. The molecule has 0 aromatic heterocycles. The van der Waals surface area contributed by atoms with E-state index in [2.05, 4.69) is 5.32 Å². The fourth-order valence-corrected chi connectivity index (χ4v) is 2.00. The number of hydrogen-bond donors (Lipinski definition) is 3. The summed E-state index contributed by atoms with van der Waals surface area (Å²) in [5.41, 5.74) is 2.08. The maximum absolute atomic E-state index is 12.2. The van der Waals surface area contributed by atoms with Gasteiger partial charge in [0.2, 0.25) is 0 Å². The molecule has 0 saturated carbocycles. The van der Waals surface area contributed by atoms with E-state index in [1.807, 2.05) is 25.1 Å². The summed E-state index contributed by atoms with van der Waals surface area (Å²) in [5.74, 6) is -0.400. The molecule has 0 unspecified atom stereocenters. The lowest BCUT2D eigenvalue weighted by atomic mass is 9.79. The lowest BCUT2D eigenvalue weighted by Crippen LogP contribution is -2.31. The van der Waals surface area contributed by atoms with Crippen molar-refractivity contribution in [3.05, 3.63) is 58.6 Å². The number of rotatable bonds is 3. The standard InChI is InChI=1S/C14H13BClNO3/c1-9-3-2-4-11(7-9)17-14(18)12-8-10(15(19)20)5-6-13(12)16/h2-8,19-20H,1H3,(H,17,18). The molecule has 3 N–H and O–H groups in total. The summed E-state index contributed by atoms with van der Waals surface area (Å²) in [6.07, 6.45) is 0. The molecule has 0 bridgehead atoms. The van der Waals surface area contributed by atoms with Crippen LogP contribution in [0.2, 0.25) is 5.02 Å². The van der Waals surface area contributed by atoms with Gasteiger partial charge in [0.15, 0.2) is 0 Å². The van der Waals surface area contributed by atoms with Crippen LogP contribution in [-0.4, -0.2) is 23.1 Å². The third-order valence-corrected chi connectivity index (χ3v) is 3.14. The molecule has 2 aromatic rings. The van der Waals surface area contributed by atoms with Crippen molar-refractivity contribution in [1.29, 1.82) is 0 Å². The average molecular weight is 290 g/mol. The summed E-state index contributed by atoms with van der Waals surface area (Å²) >= 11 is 5.97. The first kappa shape index (κ1) is 14.6. The molecule has 1 amide bonds. The van der Waals surface area contributed by atoms with Crippen molar-refractivity contribution in [1.82, 2.24) is 0 Å². The first-order chi connectivity index (χ1) is 9.47. The number of halogens is 1. The van der Waals surface area contributed by atoms with Gasteiger partial charge < -0.3 is 15.4 Å². The van der Waals surface area contributed by atoms with Gasteiger partial charge in [-0.05, 0) is 42.2 Å². The van der Waals surface area contributed by atoms with Gasteiger partial charge in [-0.2, -0.15) is 0 Å². The fraction of sp³-hybridized carbons (Fsp3) is 0.0714. The number of anilines is 1. The quantitative estimate of drug-likeness (QED) is 0.751. The Hall–Kier alpha value is -1.82. The SMILES string of the molecule is Cc1cccc(NC(=O)c2cc(B(O)O)ccc2Cl)c1. The maximum Gasteiger partial charge on any atom is 0.488 e. The lowest BCUT2D eigenvalue weighted by molar-refractivity contribution is 0.102. The Balaban J connectivity index is 2.27. The van der Waals surface area contributed by atoms with Crippen LogP contribution < -0.4 is 10.8 Å². The highest BCUT2D eigenvalue weighted by atomic mass is 35.5. The van der Waals surface area contributed by atoms with E-state index < -0.39 is 13.0 Å². The first-order valence-electron chi connectivity index (χ1n) is 6.01. The Bertz CT molecular complexity index is 646. The topological polar surface area (TPSA) is 69.6 Å². The third kappa shape index (κ3) is 3.39. The summed E-state index contributed by atoms with van der Waals surface area (Å²) in [6.45, 7) is 1.92. The van der Waals surface area contributed by atoms with E-state index in [1.54, 1.807) is 6.07 Å². The number of hydrogen-bond acceptors (Lipinski definition) is 3. The Kier molecular flexibility index (Phi) is 4.44. The van der Waals surface area contributed by atoms with Gasteiger partial charge in [-0.25, -0.2) is 0 Å². The van der Waals surface area contributed by atoms with Crippen LogP contribution in [0.15, 0.2) is 42.5 Å². The zero-order valence-electron chi connectivity index (χ0n) is 10.8. The number of carbonyl (C=O) groups excluding carboxylic acids is 1. The minimum Gasteiger partial charge on any atom is -0.423 e. The van der Waals surface area contributed by atoms with Crippen LogP contribution in [0.5, 0.6) is 0 Å². The van der Waals surface area contributed by atoms with Crippen LogP contribution in [0, 0.1) is 6.92 Å². The molecule has 2 rings (SSSR count). The van der Waals surface area contributed by atoms with Gasteiger partial charge in [0.25, 0.3) is 5.91 Å². The number of carbonyl (C=O) groups is 1. The molecule has 0 aliphatic heterocycles. The summed E-state index contributed by atoms with van der Waals surface area (Å²) < 4.78 is 0. The highest BCUT2D eigenvalue weighted by Crippen LogP contribution is 2.17. The van der Waals surface area contributed by atoms with Crippen molar-refractivity contribution >= 4 is 35.8 Å². The predicted octanol–water partition coefficient (Wildman–Crippen LogP) is 1.58. The molecule has 0 aliphatic carbocycles. The maximum atomic E-state index is 12.2. The van der Waals surface area contributed by atoms with Crippen LogP contribution in [0.3, 0.4) is 0 Å². The Morgan fingerprint density at radius 2 is 1.95 bits per heavy atom. The molecule has 6 heteroatoms. The highest BCUT2D eigenvalue weighted by Gasteiger charge is 2.17. The van der Waals surface area contributed by atoms with E-state index in [0.717, 1.165) is 5.56 Å². The van der Waals surface area contributed by atoms with E-state index in [1.165, 1.54) is 18.2 Å². The number of amides is 1. The van der Waals surface area contributed by atoms with Gasteiger partial charge in [-0.15, -0.1) is 0 Å². The van der Waals surface area contributed by atoms with Gasteiger partial charge in [-0.1, -0.05) is 29.8 Å². The van der Waals surface area contributed by atoms with Crippen molar-refractivity contribution in [2.75, 3.05) is 5.32 Å². The Morgan fingerprint density at radius 1 is 1.20 bits per heavy atom. The van der Waals surface area contributed by atoms with Gasteiger partial charge >= 0.3 is 7.12 Å². The minimum absolute atomic E-state index is 0.193. The molecule has 20 heavy (non-hydrogen) atoms. The number of benzene rings is 2. The van der Waals surface area contributed by atoms with Crippen LogP contribution in [-0.2, 0) is 0 Å². The molecule has 0 heterocycles. The molecular formula is C14H13BClNO3. The first-order valence-corrected chi connectivity index (χ1v) is 6.39. The largest absolute Gasteiger partial charge is 0.488 e. The summed E-state index contributed by atoms with van der Waals surface area (Å²) in [4.78, 5) is 12.2. The highest BCUT2D eigenvalue weighted by molar-refractivity contribution is 6.59. The predicted molar refractivity (Wildman–Crippen MR) is 80.4 cm³/mol. The second-order valence-corrected chi connectivity index (χ2v) is 4.84. The molecule has 0 atom stereocenters. The Morgan fingerprint density at radius 3 is 2.60 bits per heavy atom. The normalized spacial score (nSPS) is 10.2. The molecule has 0 saturated heterocycles. The zero-order valence-corrected chi connectivity index (χ0v) is 11.6. The third-order valence-electron chi connectivity index (χ3n) is 2.81. The van der Waals surface area contributed by atoms with Gasteiger partial charge in [0, 0.05) is 5.69 Å². The fourth-order valence-electron chi connectivity index (χ4n) is 1.80. The van der Waals surface area contributed by atoms with Crippen molar-refractivity contribution in [2.45, 2.75) is 6.92 Å². The van der Waals surface area contributed by atoms with Gasteiger partial charge in [-0.3, -0.25) is 4.79 Å². The second kappa shape index (κ2) is 6.09. The molecule has 0 spiro atoms. The molecule has 0 radical (unpaired) electrons. The van der Waals surface area contributed by atoms with E-state index in [0.29, 0.717) is 5.69 Å². The van der Waals surface area contributed by atoms with E-state index in [4.69, 9.17) is 21.6 Å². The minimum atomic E-state index is -1.64. The molecule has 4 nitrogen and oxygen atoms in total. The van der Waals surface area contributed by atoms with Crippen molar-refractivity contribution in [3.8, 4) is 0 Å². The molecule has 0 fully saturated rings. The monoisotopic (exact) mass is 289 g/mol. The smallest absolute Gasteiger partial charge is 0.423 e. The van der Waals surface area contributed by atoms with E-state index >= 15 is 0 Å². The van der Waals surface area contributed by atoms with E-state index in [9.17, 15) is 4.79 Å².